The number of nitrogens with zero attached hydrogens (tertiary/aromatic N) is 2. The third-order valence-electron chi connectivity index (χ3n) is 5.33. The fourth-order valence-electron chi connectivity index (χ4n) is 3.62. The minimum atomic E-state index is -4.51. The molecule has 12 heteroatoms. The molecular formula is C24H21F3N6O2S. The molecule has 2 aromatic heterocycles. The van der Waals surface area contributed by atoms with Crippen LogP contribution in [0.15, 0.2) is 54.9 Å². The highest BCUT2D eigenvalue weighted by Crippen LogP contribution is 2.41. The van der Waals surface area contributed by atoms with Gasteiger partial charge in [0.2, 0.25) is 5.91 Å². The number of halogens is 3. The number of nitrogen functional groups attached to an aromatic ring is 1. The number of aryl methyl sites for hydroxylation is 1. The predicted molar refractivity (Wildman–Crippen MR) is 134 cm³/mol. The van der Waals surface area contributed by atoms with Crippen molar-refractivity contribution in [3.63, 3.8) is 0 Å². The molecule has 2 heterocycles. The van der Waals surface area contributed by atoms with E-state index in [-0.39, 0.29) is 11.6 Å². The molecule has 0 radical (unpaired) electrons. The Morgan fingerprint density at radius 2 is 1.75 bits per heavy atom. The van der Waals surface area contributed by atoms with Gasteiger partial charge in [-0.1, -0.05) is 18.2 Å². The van der Waals surface area contributed by atoms with Gasteiger partial charge in [-0.25, -0.2) is 14.8 Å². The molecule has 0 aliphatic rings. The second-order valence-corrected chi connectivity index (χ2v) is 8.83. The Kier molecular flexibility index (Phi) is 7.06. The van der Waals surface area contributed by atoms with Gasteiger partial charge in [0, 0.05) is 35.3 Å². The van der Waals surface area contributed by atoms with Gasteiger partial charge in [-0.15, -0.1) is 11.3 Å². The summed E-state index contributed by atoms with van der Waals surface area (Å²) in [6.45, 7) is 0. The summed E-state index contributed by atoms with van der Waals surface area (Å²) in [5.41, 5.74) is 7.33. The molecule has 4 rings (SSSR count). The van der Waals surface area contributed by atoms with Crippen LogP contribution in [0.3, 0.4) is 0 Å². The summed E-state index contributed by atoms with van der Waals surface area (Å²) < 4.78 is 38.7. The zero-order chi connectivity index (χ0) is 25.9. The van der Waals surface area contributed by atoms with E-state index >= 15 is 0 Å². The Bertz CT molecular complexity index is 1420. The summed E-state index contributed by atoms with van der Waals surface area (Å²) in [5, 5.41) is 8.30. The molecule has 0 saturated carbocycles. The van der Waals surface area contributed by atoms with E-state index in [1.54, 1.807) is 31.3 Å². The third kappa shape index (κ3) is 5.54. The first-order chi connectivity index (χ1) is 17.2. The van der Waals surface area contributed by atoms with E-state index in [2.05, 4.69) is 25.9 Å². The fraction of sp³-hybridized carbons (Fsp3) is 0.167. The number of aromatic nitrogens is 2. The number of hydrogen-bond acceptors (Lipinski definition) is 6. The van der Waals surface area contributed by atoms with Crippen LogP contribution >= 0.6 is 11.3 Å². The van der Waals surface area contributed by atoms with E-state index in [1.165, 1.54) is 29.8 Å². The minimum Gasteiger partial charge on any atom is -0.383 e. The molecule has 0 aliphatic carbocycles. The normalized spacial score (nSPS) is 11.3. The van der Waals surface area contributed by atoms with E-state index in [1.807, 2.05) is 0 Å². The molecule has 0 spiro atoms. The number of carbonyl (C=O) groups excluding carboxylic acids is 2. The van der Waals surface area contributed by atoms with Gasteiger partial charge in [0.1, 0.15) is 17.0 Å². The predicted octanol–water partition coefficient (Wildman–Crippen LogP) is 5.28. The summed E-state index contributed by atoms with van der Waals surface area (Å²) >= 11 is 1.43. The Morgan fingerprint density at radius 1 is 1.03 bits per heavy atom. The molecule has 186 valence electrons. The van der Waals surface area contributed by atoms with Gasteiger partial charge in [0.25, 0.3) is 0 Å². The number of carbonyl (C=O) groups is 2. The standard InChI is InChI=1S/C24H21F3N6O2S/c1-29-18(34)10-9-17-19(20-21(28)30-12-31-22(20)36-17)13-5-7-15(8-6-13)32-23(35)33-16-4-2-3-14(11-16)24(25,26)27/h2-8,11-12H,9-10H2,1H3,(H,29,34)(H2,28,30,31)(H2,32,33,35). The SMILES string of the molecule is CNC(=O)CCc1sc2ncnc(N)c2c1-c1ccc(NC(=O)Nc2cccc(C(F)(F)F)c2)cc1. The Labute approximate surface area is 207 Å². The van der Waals surface area contributed by atoms with E-state index < -0.39 is 17.8 Å². The molecule has 3 amide bonds. The van der Waals surface area contributed by atoms with E-state index in [0.717, 1.165) is 28.1 Å². The number of amides is 3. The van der Waals surface area contributed by atoms with E-state index in [0.29, 0.717) is 34.6 Å². The average molecular weight is 515 g/mol. The maximum absolute atomic E-state index is 12.9. The lowest BCUT2D eigenvalue weighted by Gasteiger charge is -2.11. The molecule has 2 aromatic carbocycles. The summed E-state index contributed by atoms with van der Waals surface area (Å²) in [7, 11) is 1.58. The Hall–Kier alpha value is -4.19. The van der Waals surface area contributed by atoms with Crippen molar-refractivity contribution in [1.29, 1.82) is 0 Å². The number of fused-ring (bicyclic) bond motifs is 1. The quantitative estimate of drug-likeness (QED) is 0.279. The molecule has 0 unspecified atom stereocenters. The van der Waals surface area contributed by atoms with Gasteiger partial charge in [-0.05, 0) is 42.3 Å². The summed E-state index contributed by atoms with van der Waals surface area (Å²) in [6, 6.07) is 10.6. The van der Waals surface area contributed by atoms with Crippen LogP contribution < -0.4 is 21.7 Å². The maximum Gasteiger partial charge on any atom is 0.416 e. The number of anilines is 3. The Balaban J connectivity index is 1.55. The average Bonchev–Trinajstić information content (AvgIpc) is 3.22. The highest BCUT2D eigenvalue weighted by atomic mass is 32.1. The molecule has 0 bridgehead atoms. The van der Waals surface area contributed by atoms with Gasteiger partial charge in [-0.2, -0.15) is 13.2 Å². The summed E-state index contributed by atoms with van der Waals surface area (Å²) in [6.07, 6.45) is -2.35. The van der Waals surface area contributed by atoms with Crippen LogP contribution in [0.1, 0.15) is 16.9 Å². The number of nitrogens with one attached hydrogen (secondary N) is 3. The van der Waals surface area contributed by atoms with Crippen molar-refractivity contribution in [3.8, 4) is 11.1 Å². The molecule has 5 N–H and O–H groups in total. The van der Waals surface area contributed by atoms with Crippen LogP contribution in [-0.4, -0.2) is 29.0 Å². The first kappa shape index (κ1) is 24.9. The van der Waals surface area contributed by atoms with Crippen molar-refractivity contribution in [2.75, 3.05) is 23.4 Å². The van der Waals surface area contributed by atoms with Crippen molar-refractivity contribution in [1.82, 2.24) is 15.3 Å². The molecule has 0 aliphatic heterocycles. The highest BCUT2D eigenvalue weighted by Gasteiger charge is 2.30. The van der Waals surface area contributed by atoms with Gasteiger partial charge >= 0.3 is 12.2 Å². The topological polar surface area (TPSA) is 122 Å². The lowest BCUT2D eigenvalue weighted by Crippen LogP contribution is -2.19. The number of rotatable bonds is 6. The lowest BCUT2D eigenvalue weighted by atomic mass is 10.0. The van der Waals surface area contributed by atoms with Crippen LogP contribution in [0.25, 0.3) is 21.3 Å². The number of hydrogen-bond donors (Lipinski definition) is 4. The first-order valence-electron chi connectivity index (χ1n) is 10.7. The molecular weight excluding hydrogens is 493 g/mol. The number of nitrogens with two attached hydrogens (primary N) is 1. The summed E-state index contributed by atoms with van der Waals surface area (Å²) in [4.78, 5) is 34.2. The van der Waals surface area contributed by atoms with Gasteiger partial charge in [0.05, 0.1) is 10.9 Å². The molecule has 36 heavy (non-hydrogen) atoms. The van der Waals surface area contributed by atoms with Crippen molar-refractivity contribution >= 4 is 50.7 Å². The first-order valence-corrected chi connectivity index (χ1v) is 11.6. The van der Waals surface area contributed by atoms with E-state index in [4.69, 9.17) is 5.73 Å². The zero-order valence-corrected chi connectivity index (χ0v) is 19.8. The van der Waals surface area contributed by atoms with Crippen molar-refractivity contribution in [2.45, 2.75) is 19.0 Å². The highest BCUT2D eigenvalue weighted by molar-refractivity contribution is 7.19. The molecule has 0 fully saturated rings. The third-order valence-corrected chi connectivity index (χ3v) is 6.49. The summed E-state index contributed by atoms with van der Waals surface area (Å²) in [5.74, 6) is 0.226. The molecule has 4 aromatic rings. The molecule has 0 saturated heterocycles. The fourth-order valence-corrected chi connectivity index (χ4v) is 4.79. The monoisotopic (exact) mass is 514 g/mol. The van der Waals surface area contributed by atoms with Crippen LogP contribution in [-0.2, 0) is 17.4 Å². The number of urea groups is 1. The second kappa shape index (κ2) is 10.2. The van der Waals surface area contributed by atoms with Crippen molar-refractivity contribution in [3.05, 3.63) is 65.3 Å². The van der Waals surface area contributed by atoms with Crippen LogP contribution in [0.2, 0.25) is 0 Å². The van der Waals surface area contributed by atoms with Crippen LogP contribution in [0, 0.1) is 0 Å². The van der Waals surface area contributed by atoms with Crippen molar-refractivity contribution in [2.24, 2.45) is 0 Å². The van der Waals surface area contributed by atoms with Gasteiger partial charge in [0.15, 0.2) is 0 Å². The minimum absolute atomic E-state index is 0.0138. The van der Waals surface area contributed by atoms with Gasteiger partial charge < -0.3 is 21.7 Å². The smallest absolute Gasteiger partial charge is 0.383 e. The van der Waals surface area contributed by atoms with Gasteiger partial charge in [-0.3, -0.25) is 4.79 Å². The molecule has 0 atom stereocenters. The number of alkyl halides is 3. The van der Waals surface area contributed by atoms with E-state index in [9.17, 15) is 22.8 Å². The number of benzene rings is 2. The lowest BCUT2D eigenvalue weighted by molar-refractivity contribution is -0.137. The Morgan fingerprint density at radius 3 is 2.44 bits per heavy atom. The zero-order valence-electron chi connectivity index (χ0n) is 18.9. The second-order valence-electron chi connectivity index (χ2n) is 7.75. The van der Waals surface area contributed by atoms with Crippen LogP contribution in [0.5, 0.6) is 0 Å². The van der Waals surface area contributed by atoms with Crippen molar-refractivity contribution < 1.29 is 22.8 Å². The van der Waals surface area contributed by atoms with Crippen LogP contribution in [0.4, 0.5) is 35.2 Å². The molecule has 8 nitrogen and oxygen atoms in total. The number of thiophene rings is 1. The largest absolute Gasteiger partial charge is 0.416 e. The maximum atomic E-state index is 12.9.